The van der Waals surface area contributed by atoms with E-state index in [1.54, 1.807) is 26.0 Å². The number of hydrogen-bond acceptors (Lipinski definition) is 6. The van der Waals surface area contributed by atoms with Gasteiger partial charge in [-0.1, -0.05) is 0 Å². The minimum absolute atomic E-state index is 0.162. The van der Waals surface area contributed by atoms with Crippen LogP contribution in [0.1, 0.15) is 30.9 Å². The van der Waals surface area contributed by atoms with Crippen molar-refractivity contribution in [1.82, 2.24) is 15.0 Å². The van der Waals surface area contributed by atoms with E-state index >= 15 is 0 Å². The molecule has 0 aromatic carbocycles. The molecule has 0 saturated heterocycles. The fourth-order valence-corrected chi connectivity index (χ4v) is 2.49. The van der Waals surface area contributed by atoms with E-state index in [1.807, 2.05) is 0 Å². The lowest BCUT2D eigenvalue weighted by molar-refractivity contribution is -0.142. The normalized spacial score (nSPS) is 12.0. The average molecular weight is 404 g/mol. The molecular weight excluding hydrogens is 385 g/mol. The van der Waals surface area contributed by atoms with Crippen LogP contribution in [0.4, 0.5) is 24.7 Å². The molecule has 6 nitrogen and oxygen atoms in total. The van der Waals surface area contributed by atoms with Gasteiger partial charge in [0.1, 0.15) is 17.2 Å². The number of aliphatic hydroxyl groups is 1. The van der Waals surface area contributed by atoms with Gasteiger partial charge in [-0.2, -0.15) is 13.2 Å². The number of halogens is 3. The molecule has 3 aromatic heterocycles. The molecule has 0 radical (unpaired) electrons. The number of anilines is 2. The summed E-state index contributed by atoms with van der Waals surface area (Å²) < 4.78 is 45.1. The summed E-state index contributed by atoms with van der Waals surface area (Å²) in [5.74, 6) is 0.118. The van der Waals surface area contributed by atoms with Gasteiger partial charge in [-0.15, -0.1) is 0 Å². The van der Waals surface area contributed by atoms with Crippen molar-refractivity contribution in [3.05, 3.63) is 65.9 Å². The molecule has 29 heavy (non-hydrogen) atoms. The molecule has 152 valence electrons. The Morgan fingerprint density at radius 3 is 2.41 bits per heavy atom. The minimum atomic E-state index is -4.64. The number of alkyl halides is 3. The van der Waals surface area contributed by atoms with Crippen molar-refractivity contribution in [2.45, 2.75) is 32.5 Å². The highest BCUT2D eigenvalue weighted by Crippen LogP contribution is 2.37. The Morgan fingerprint density at radius 2 is 1.72 bits per heavy atom. The summed E-state index contributed by atoms with van der Waals surface area (Å²) in [5.41, 5.74) is -0.914. The minimum Gasteiger partial charge on any atom is -0.455 e. The number of pyridine rings is 3. The van der Waals surface area contributed by atoms with Crippen molar-refractivity contribution in [3.8, 4) is 11.5 Å². The molecule has 2 N–H and O–H groups in total. The Morgan fingerprint density at radius 1 is 1.00 bits per heavy atom. The van der Waals surface area contributed by atoms with E-state index in [1.165, 1.54) is 43.6 Å². The van der Waals surface area contributed by atoms with Gasteiger partial charge in [-0.25, -0.2) is 9.97 Å². The van der Waals surface area contributed by atoms with E-state index in [4.69, 9.17) is 4.74 Å². The largest absolute Gasteiger partial charge is 0.455 e. The monoisotopic (exact) mass is 404 g/mol. The van der Waals surface area contributed by atoms with Crippen LogP contribution >= 0.6 is 0 Å². The van der Waals surface area contributed by atoms with E-state index in [9.17, 15) is 18.3 Å². The highest BCUT2D eigenvalue weighted by molar-refractivity contribution is 5.58. The summed E-state index contributed by atoms with van der Waals surface area (Å²) in [6.45, 7) is 4.70. The van der Waals surface area contributed by atoms with Crippen LogP contribution in [-0.4, -0.2) is 20.1 Å². The number of nitrogens with zero attached hydrogens (tertiary/aromatic N) is 3. The van der Waals surface area contributed by atoms with Crippen LogP contribution < -0.4 is 10.1 Å². The maximum atomic E-state index is 13.2. The third-order valence-corrected chi connectivity index (χ3v) is 3.88. The second kappa shape index (κ2) is 7.67. The molecule has 9 heteroatoms. The number of ether oxygens (including phenoxy) is 1. The lowest BCUT2D eigenvalue weighted by atomic mass is 10.0. The number of aromatic nitrogens is 3. The first-order chi connectivity index (χ1) is 13.5. The zero-order valence-corrected chi connectivity index (χ0v) is 15.9. The molecule has 0 amide bonds. The average Bonchev–Trinajstić information content (AvgIpc) is 2.62. The Labute approximate surface area is 165 Å². The van der Waals surface area contributed by atoms with Crippen LogP contribution in [0, 0.1) is 6.92 Å². The summed E-state index contributed by atoms with van der Waals surface area (Å²) in [6, 6.07) is 8.92. The highest BCUT2D eigenvalue weighted by atomic mass is 19.4. The highest BCUT2D eigenvalue weighted by Gasteiger charge is 2.36. The van der Waals surface area contributed by atoms with Gasteiger partial charge < -0.3 is 15.2 Å². The predicted molar refractivity (Wildman–Crippen MR) is 101 cm³/mol. The van der Waals surface area contributed by atoms with Crippen LogP contribution in [0.25, 0.3) is 0 Å². The van der Waals surface area contributed by atoms with Gasteiger partial charge in [0.2, 0.25) is 0 Å². The van der Waals surface area contributed by atoms with Gasteiger partial charge >= 0.3 is 6.18 Å². The van der Waals surface area contributed by atoms with E-state index in [2.05, 4.69) is 20.3 Å². The first kappa shape index (κ1) is 20.5. The quantitative estimate of drug-likeness (QED) is 0.626. The molecular formula is C20H19F3N4O2. The van der Waals surface area contributed by atoms with Gasteiger partial charge in [0, 0.05) is 29.8 Å². The first-order valence-electron chi connectivity index (χ1n) is 8.67. The van der Waals surface area contributed by atoms with Crippen LogP contribution in [0.2, 0.25) is 0 Å². The number of aryl methyl sites for hydroxylation is 1. The van der Waals surface area contributed by atoms with Crippen molar-refractivity contribution in [1.29, 1.82) is 0 Å². The molecule has 0 aliphatic rings. The third-order valence-electron chi connectivity index (χ3n) is 3.88. The molecule has 0 saturated carbocycles. The topological polar surface area (TPSA) is 80.2 Å². The zero-order chi connectivity index (χ0) is 21.2. The molecule has 0 bridgehead atoms. The molecule has 3 aromatic rings. The maximum absolute atomic E-state index is 13.2. The number of nitrogens with one attached hydrogen (secondary N) is 1. The lowest BCUT2D eigenvalue weighted by Gasteiger charge is -2.17. The summed E-state index contributed by atoms with van der Waals surface area (Å²) in [6.07, 6.45) is -1.70. The van der Waals surface area contributed by atoms with E-state index in [0.717, 1.165) is 0 Å². The first-order valence-corrected chi connectivity index (χ1v) is 8.67. The standard InChI is InChI=1S/C20H19F3N4O2/c1-12-4-5-15(18(26-12)20(21,22)23)29-14-7-9-25-17(11-14)27-13-6-8-24-16(10-13)19(2,3)28/h4-11,28H,1-3H3,(H,24,25,27). The van der Waals surface area contributed by atoms with Gasteiger partial charge in [0.25, 0.3) is 0 Å². The van der Waals surface area contributed by atoms with Crippen molar-refractivity contribution >= 4 is 11.5 Å². The Kier molecular flexibility index (Phi) is 5.43. The van der Waals surface area contributed by atoms with Gasteiger partial charge in [0.05, 0.1) is 5.69 Å². The van der Waals surface area contributed by atoms with Crippen molar-refractivity contribution in [2.24, 2.45) is 0 Å². The Bertz CT molecular complexity index is 1020. The molecule has 3 heterocycles. The molecule has 0 unspecified atom stereocenters. The molecule has 0 atom stereocenters. The van der Waals surface area contributed by atoms with Crippen LogP contribution in [0.5, 0.6) is 11.5 Å². The molecule has 3 rings (SSSR count). The zero-order valence-electron chi connectivity index (χ0n) is 15.9. The lowest BCUT2D eigenvalue weighted by Crippen LogP contribution is -2.17. The smallest absolute Gasteiger partial charge is 0.437 e. The summed E-state index contributed by atoms with van der Waals surface area (Å²) in [7, 11) is 0. The van der Waals surface area contributed by atoms with E-state index in [0.29, 0.717) is 17.2 Å². The predicted octanol–water partition coefficient (Wildman–Crippen LogP) is 4.96. The fourth-order valence-electron chi connectivity index (χ4n) is 2.49. The van der Waals surface area contributed by atoms with Crippen LogP contribution in [0.15, 0.2) is 48.8 Å². The second-order valence-electron chi connectivity index (χ2n) is 6.89. The maximum Gasteiger partial charge on any atom is 0.437 e. The van der Waals surface area contributed by atoms with Crippen LogP contribution in [-0.2, 0) is 11.8 Å². The summed E-state index contributed by atoms with van der Waals surface area (Å²) >= 11 is 0. The van der Waals surface area contributed by atoms with Gasteiger partial charge in [0.15, 0.2) is 11.4 Å². The van der Waals surface area contributed by atoms with Gasteiger partial charge in [-0.05, 0) is 51.1 Å². The molecule has 0 fully saturated rings. The molecule has 0 spiro atoms. The molecule has 0 aliphatic heterocycles. The van der Waals surface area contributed by atoms with Crippen LogP contribution in [0.3, 0.4) is 0 Å². The SMILES string of the molecule is Cc1ccc(Oc2ccnc(Nc3ccnc(C(C)(C)O)c3)c2)c(C(F)(F)F)n1. The van der Waals surface area contributed by atoms with Crippen molar-refractivity contribution in [2.75, 3.05) is 5.32 Å². The van der Waals surface area contributed by atoms with Crippen molar-refractivity contribution in [3.63, 3.8) is 0 Å². The van der Waals surface area contributed by atoms with E-state index < -0.39 is 23.2 Å². The van der Waals surface area contributed by atoms with E-state index in [-0.39, 0.29) is 11.4 Å². The van der Waals surface area contributed by atoms with Gasteiger partial charge in [-0.3, -0.25) is 4.98 Å². The summed E-state index contributed by atoms with van der Waals surface area (Å²) in [5, 5.41) is 13.1. The second-order valence-corrected chi connectivity index (χ2v) is 6.89. The fraction of sp³-hybridized carbons (Fsp3) is 0.250. The summed E-state index contributed by atoms with van der Waals surface area (Å²) in [4.78, 5) is 11.8. The third kappa shape index (κ3) is 5.20. The Balaban J connectivity index is 1.85. The number of hydrogen-bond donors (Lipinski definition) is 2. The molecule has 0 aliphatic carbocycles. The van der Waals surface area contributed by atoms with Crippen molar-refractivity contribution < 1.29 is 23.0 Å². The number of rotatable bonds is 5. The Hall–Kier alpha value is -3.20.